The largest absolute Gasteiger partial charge is 0.382 e. The number of hydrogen-bond acceptors (Lipinski definition) is 4. The molecule has 0 fully saturated rings. The molecule has 0 aliphatic heterocycles. The number of halogens is 1. The Balaban J connectivity index is 2.57. The Hall–Kier alpha value is -2.55. The van der Waals surface area contributed by atoms with Crippen LogP contribution in [-0.4, -0.2) is 16.8 Å². The Morgan fingerprint density at radius 1 is 1.41 bits per heavy atom. The number of nitrogens with two attached hydrogens (primary N) is 1. The number of nitriles is 1. The fraction of sp³-hybridized carbons (Fsp3) is 0.0909. The molecule has 0 aliphatic rings. The van der Waals surface area contributed by atoms with Gasteiger partial charge in [0, 0.05) is 7.05 Å². The topological polar surface area (TPSA) is 79.7 Å². The molecule has 0 radical (unpaired) electrons. The highest BCUT2D eigenvalue weighted by atomic mass is 19.1. The molecule has 0 saturated heterocycles. The SMILES string of the molecule is CNc1nn(-c2ccc(F)cc2)c(N)c1C#N. The van der Waals surface area contributed by atoms with Crippen molar-refractivity contribution in [3.05, 3.63) is 35.6 Å². The van der Waals surface area contributed by atoms with Crippen LogP contribution in [0.15, 0.2) is 24.3 Å². The molecule has 86 valence electrons. The first kappa shape index (κ1) is 11.0. The Kier molecular flexibility index (Phi) is 2.66. The number of nitrogen functional groups attached to an aromatic ring is 1. The zero-order chi connectivity index (χ0) is 12.4. The molecule has 5 nitrogen and oxygen atoms in total. The van der Waals surface area contributed by atoms with Crippen LogP contribution in [0, 0.1) is 17.1 Å². The molecule has 0 spiro atoms. The summed E-state index contributed by atoms with van der Waals surface area (Å²) in [5, 5.41) is 15.9. The van der Waals surface area contributed by atoms with E-state index in [1.165, 1.54) is 16.8 Å². The van der Waals surface area contributed by atoms with Crippen LogP contribution in [0.4, 0.5) is 16.0 Å². The monoisotopic (exact) mass is 231 g/mol. The third-order valence-corrected chi connectivity index (χ3v) is 2.34. The highest BCUT2D eigenvalue weighted by Crippen LogP contribution is 2.23. The van der Waals surface area contributed by atoms with Crippen LogP contribution in [0.3, 0.4) is 0 Å². The minimum absolute atomic E-state index is 0.225. The lowest BCUT2D eigenvalue weighted by Crippen LogP contribution is -2.02. The molecule has 2 aromatic rings. The first-order chi connectivity index (χ1) is 8.17. The van der Waals surface area contributed by atoms with E-state index in [4.69, 9.17) is 11.0 Å². The predicted octanol–water partition coefficient (Wildman–Crippen LogP) is 1.51. The highest BCUT2D eigenvalue weighted by Gasteiger charge is 2.15. The number of benzene rings is 1. The summed E-state index contributed by atoms with van der Waals surface area (Å²) in [5.41, 5.74) is 6.68. The van der Waals surface area contributed by atoms with Gasteiger partial charge in [-0.25, -0.2) is 9.07 Å². The molecule has 17 heavy (non-hydrogen) atoms. The van der Waals surface area contributed by atoms with E-state index in [-0.39, 0.29) is 17.2 Å². The summed E-state index contributed by atoms with van der Waals surface area (Å²) in [5.74, 6) is 0.284. The maximum absolute atomic E-state index is 12.8. The predicted molar refractivity (Wildman–Crippen MR) is 62.2 cm³/mol. The van der Waals surface area contributed by atoms with Gasteiger partial charge in [-0.1, -0.05) is 0 Å². The Bertz CT molecular complexity index is 579. The van der Waals surface area contributed by atoms with E-state index in [0.29, 0.717) is 11.5 Å². The fourth-order valence-electron chi connectivity index (χ4n) is 1.50. The van der Waals surface area contributed by atoms with Crippen molar-refractivity contribution in [1.29, 1.82) is 5.26 Å². The van der Waals surface area contributed by atoms with Crippen molar-refractivity contribution in [2.45, 2.75) is 0 Å². The van der Waals surface area contributed by atoms with Crippen molar-refractivity contribution in [2.75, 3.05) is 18.1 Å². The number of anilines is 2. The molecule has 0 aliphatic carbocycles. The van der Waals surface area contributed by atoms with Gasteiger partial charge < -0.3 is 11.1 Å². The average molecular weight is 231 g/mol. The van der Waals surface area contributed by atoms with Crippen molar-refractivity contribution in [1.82, 2.24) is 9.78 Å². The van der Waals surface area contributed by atoms with E-state index >= 15 is 0 Å². The van der Waals surface area contributed by atoms with Crippen molar-refractivity contribution in [3.8, 4) is 11.8 Å². The van der Waals surface area contributed by atoms with Crippen LogP contribution in [0.25, 0.3) is 5.69 Å². The smallest absolute Gasteiger partial charge is 0.168 e. The van der Waals surface area contributed by atoms with Gasteiger partial charge in [0.2, 0.25) is 0 Å². The van der Waals surface area contributed by atoms with Gasteiger partial charge in [-0.15, -0.1) is 5.10 Å². The van der Waals surface area contributed by atoms with Gasteiger partial charge in [0.1, 0.15) is 23.3 Å². The van der Waals surface area contributed by atoms with Gasteiger partial charge in [0.15, 0.2) is 5.82 Å². The van der Waals surface area contributed by atoms with E-state index in [0.717, 1.165) is 0 Å². The number of aromatic nitrogens is 2. The summed E-state index contributed by atoms with van der Waals surface area (Å²) < 4.78 is 14.2. The lowest BCUT2D eigenvalue weighted by Gasteiger charge is -2.02. The molecule has 0 amide bonds. The lowest BCUT2D eigenvalue weighted by atomic mass is 10.3. The minimum Gasteiger partial charge on any atom is -0.382 e. The first-order valence-electron chi connectivity index (χ1n) is 4.89. The summed E-state index contributed by atoms with van der Waals surface area (Å²) in [7, 11) is 1.65. The van der Waals surface area contributed by atoms with Gasteiger partial charge in [-0.05, 0) is 24.3 Å². The first-order valence-corrected chi connectivity index (χ1v) is 4.89. The van der Waals surface area contributed by atoms with Gasteiger partial charge >= 0.3 is 0 Å². The molecular weight excluding hydrogens is 221 g/mol. The molecule has 1 heterocycles. The van der Waals surface area contributed by atoms with Crippen molar-refractivity contribution in [3.63, 3.8) is 0 Å². The van der Waals surface area contributed by atoms with Gasteiger partial charge in [0.05, 0.1) is 5.69 Å². The third-order valence-electron chi connectivity index (χ3n) is 2.34. The van der Waals surface area contributed by atoms with E-state index in [1.54, 1.807) is 19.2 Å². The summed E-state index contributed by atoms with van der Waals surface area (Å²) in [6.07, 6.45) is 0. The number of hydrogen-bond donors (Lipinski definition) is 2. The normalized spacial score (nSPS) is 9.94. The maximum atomic E-state index is 12.8. The number of nitrogens with one attached hydrogen (secondary N) is 1. The zero-order valence-corrected chi connectivity index (χ0v) is 9.11. The summed E-state index contributed by atoms with van der Waals surface area (Å²) in [6, 6.07) is 7.67. The zero-order valence-electron chi connectivity index (χ0n) is 9.11. The highest BCUT2D eigenvalue weighted by molar-refractivity contribution is 5.65. The van der Waals surface area contributed by atoms with Crippen LogP contribution < -0.4 is 11.1 Å². The molecule has 0 bridgehead atoms. The van der Waals surface area contributed by atoms with Gasteiger partial charge in [-0.2, -0.15) is 5.26 Å². The van der Waals surface area contributed by atoms with Crippen LogP contribution in [0.1, 0.15) is 5.56 Å². The van der Waals surface area contributed by atoms with E-state index in [1.807, 2.05) is 6.07 Å². The molecule has 0 atom stereocenters. The van der Waals surface area contributed by atoms with Gasteiger partial charge in [0.25, 0.3) is 0 Å². The minimum atomic E-state index is -0.339. The Morgan fingerprint density at radius 2 is 2.06 bits per heavy atom. The number of rotatable bonds is 2. The molecule has 0 saturated carbocycles. The van der Waals surface area contributed by atoms with Crippen LogP contribution in [0.2, 0.25) is 0 Å². The summed E-state index contributed by atoms with van der Waals surface area (Å²) in [6.45, 7) is 0. The molecule has 0 unspecified atom stereocenters. The molecular formula is C11H10FN5. The molecule has 1 aromatic heterocycles. The lowest BCUT2D eigenvalue weighted by molar-refractivity contribution is 0.627. The average Bonchev–Trinajstić information content (AvgIpc) is 2.66. The van der Waals surface area contributed by atoms with Crippen LogP contribution in [-0.2, 0) is 0 Å². The third kappa shape index (κ3) is 1.78. The number of nitrogens with zero attached hydrogens (tertiary/aromatic N) is 3. The van der Waals surface area contributed by atoms with Crippen molar-refractivity contribution < 1.29 is 4.39 Å². The standard InChI is InChI=1S/C11H10FN5/c1-15-11-9(6-13)10(14)17(16-11)8-4-2-7(12)3-5-8/h2-5H,14H2,1H3,(H,15,16). The van der Waals surface area contributed by atoms with Crippen LogP contribution >= 0.6 is 0 Å². The summed E-state index contributed by atoms with van der Waals surface area (Å²) >= 11 is 0. The molecule has 6 heteroatoms. The summed E-state index contributed by atoms with van der Waals surface area (Å²) in [4.78, 5) is 0. The Morgan fingerprint density at radius 3 is 2.53 bits per heavy atom. The molecule has 2 rings (SSSR count). The van der Waals surface area contributed by atoms with E-state index in [9.17, 15) is 4.39 Å². The van der Waals surface area contributed by atoms with Crippen molar-refractivity contribution >= 4 is 11.6 Å². The van der Waals surface area contributed by atoms with Crippen molar-refractivity contribution in [2.24, 2.45) is 0 Å². The van der Waals surface area contributed by atoms with E-state index < -0.39 is 0 Å². The van der Waals surface area contributed by atoms with Crippen LogP contribution in [0.5, 0.6) is 0 Å². The quantitative estimate of drug-likeness (QED) is 0.820. The second-order valence-corrected chi connectivity index (χ2v) is 3.36. The Labute approximate surface area is 97.3 Å². The fourth-order valence-corrected chi connectivity index (χ4v) is 1.50. The van der Waals surface area contributed by atoms with E-state index in [2.05, 4.69) is 10.4 Å². The maximum Gasteiger partial charge on any atom is 0.168 e. The van der Waals surface area contributed by atoms with Gasteiger partial charge in [-0.3, -0.25) is 0 Å². The molecule has 3 N–H and O–H groups in total. The molecule has 1 aromatic carbocycles. The second-order valence-electron chi connectivity index (χ2n) is 3.36. The second kappa shape index (κ2) is 4.14.